The summed E-state index contributed by atoms with van der Waals surface area (Å²) in [5.41, 5.74) is 3.70. The number of piperidine rings is 1. The van der Waals surface area contributed by atoms with E-state index in [0.717, 1.165) is 50.3 Å². The molecular weight excluding hydrogens is 324 g/mol. The summed E-state index contributed by atoms with van der Waals surface area (Å²) in [5.74, 6) is 2.21. The van der Waals surface area contributed by atoms with E-state index in [1.165, 1.54) is 36.3 Å². The van der Waals surface area contributed by atoms with Gasteiger partial charge in [0.15, 0.2) is 0 Å². The lowest BCUT2D eigenvalue weighted by Crippen LogP contribution is -2.44. The molecule has 0 spiro atoms. The zero-order chi connectivity index (χ0) is 17.9. The van der Waals surface area contributed by atoms with Crippen molar-refractivity contribution in [2.45, 2.75) is 57.9 Å². The molecule has 2 aromatic heterocycles. The van der Waals surface area contributed by atoms with Crippen LogP contribution in [0.15, 0.2) is 18.7 Å². The van der Waals surface area contributed by atoms with E-state index in [-0.39, 0.29) is 0 Å². The van der Waals surface area contributed by atoms with Gasteiger partial charge in [0, 0.05) is 49.2 Å². The van der Waals surface area contributed by atoms with Crippen molar-refractivity contribution in [2.75, 3.05) is 29.9 Å². The average Bonchev–Trinajstić information content (AvgIpc) is 2.93. The Morgan fingerprint density at radius 3 is 2.54 bits per heavy atom. The number of aromatic nitrogens is 4. The van der Waals surface area contributed by atoms with Gasteiger partial charge >= 0.3 is 0 Å². The molecule has 0 aromatic carbocycles. The monoisotopic (exact) mass is 352 g/mol. The first-order valence-electron chi connectivity index (χ1n) is 9.81. The van der Waals surface area contributed by atoms with E-state index in [1.807, 2.05) is 6.92 Å². The molecule has 1 aliphatic carbocycles. The lowest BCUT2D eigenvalue weighted by molar-refractivity contribution is 0.476. The molecule has 1 aliphatic heterocycles. The van der Waals surface area contributed by atoms with Crippen LogP contribution in [0.4, 0.5) is 11.6 Å². The maximum atomic E-state index is 4.68. The van der Waals surface area contributed by atoms with Crippen LogP contribution in [0.3, 0.4) is 0 Å². The number of hydrogen-bond acceptors (Lipinski definition) is 6. The van der Waals surface area contributed by atoms with Gasteiger partial charge in [-0.05, 0) is 45.4 Å². The van der Waals surface area contributed by atoms with Gasteiger partial charge in [-0.25, -0.2) is 19.9 Å². The molecule has 3 heterocycles. The van der Waals surface area contributed by atoms with E-state index in [9.17, 15) is 0 Å². The summed E-state index contributed by atoms with van der Waals surface area (Å²) in [4.78, 5) is 22.7. The Morgan fingerprint density at radius 1 is 0.962 bits per heavy atom. The Hall–Kier alpha value is -2.24. The molecule has 1 saturated heterocycles. The van der Waals surface area contributed by atoms with Crippen LogP contribution in [-0.2, 0) is 12.8 Å². The van der Waals surface area contributed by atoms with Crippen molar-refractivity contribution in [2.24, 2.45) is 0 Å². The second-order valence-electron chi connectivity index (χ2n) is 7.53. The molecule has 0 amide bonds. The smallest absolute Gasteiger partial charge is 0.135 e. The van der Waals surface area contributed by atoms with E-state index in [1.54, 1.807) is 12.7 Å². The fourth-order valence-electron chi connectivity index (χ4n) is 4.24. The molecule has 1 fully saturated rings. The highest BCUT2D eigenvalue weighted by molar-refractivity contribution is 5.50. The largest absolute Gasteiger partial charge is 0.356 e. The molecule has 26 heavy (non-hydrogen) atoms. The first kappa shape index (κ1) is 17.2. The Kier molecular flexibility index (Phi) is 5.00. The van der Waals surface area contributed by atoms with Crippen LogP contribution in [0.2, 0.25) is 0 Å². The number of nitrogens with zero attached hydrogens (tertiary/aromatic N) is 6. The van der Waals surface area contributed by atoms with Gasteiger partial charge < -0.3 is 9.80 Å². The molecule has 2 aromatic rings. The van der Waals surface area contributed by atoms with Gasteiger partial charge in [0.25, 0.3) is 0 Å². The maximum Gasteiger partial charge on any atom is 0.135 e. The van der Waals surface area contributed by atoms with Gasteiger partial charge in [-0.2, -0.15) is 0 Å². The molecule has 138 valence electrons. The predicted molar refractivity (Wildman–Crippen MR) is 104 cm³/mol. The summed E-state index contributed by atoms with van der Waals surface area (Å²) >= 11 is 0. The van der Waals surface area contributed by atoms with E-state index in [2.05, 4.69) is 42.8 Å². The third-order valence-corrected chi connectivity index (χ3v) is 5.81. The average molecular weight is 352 g/mol. The molecule has 0 atom stereocenters. The highest BCUT2D eigenvalue weighted by Gasteiger charge is 2.26. The van der Waals surface area contributed by atoms with E-state index in [4.69, 9.17) is 0 Å². The third kappa shape index (κ3) is 3.50. The molecule has 2 aliphatic rings. The highest BCUT2D eigenvalue weighted by Crippen LogP contribution is 2.29. The van der Waals surface area contributed by atoms with Gasteiger partial charge in [-0.1, -0.05) is 6.42 Å². The normalized spacial score (nSPS) is 18.3. The van der Waals surface area contributed by atoms with Crippen LogP contribution in [0.25, 0.3) is 0 Å². The van der Waals surface area contributed by atoms with Gasteiger partial charge in [0.05, 0.1) is 0 Å². The molecule has 0 bridgehead atoms. The molecule has 6 nitrogen and oxygen atoms in total. The molecular formula is C20H28N6. The Labute approximate surface area is 155 Å². The molecule has 0 saturated carbocycles. The summed E-state index contributed by atoms with van der Waals surface area (Å²) in [5, 5.41) is 0. The fourth-order valence-corrected chi connectivity index (χ4v) is 4.24. The highest BCUT2D eigenvalue weighted by atomic mass is 15.2. The summed E-state index contributed by atoms with van der Waals surface area (Å²) in [7, 11) is 2.15. The number of hydrogen-bond donors (Lipinski definition) is 0. The summed E-state index contributed by atoms with van der Waals surface area (Å²) < 4.78 is 0. The van der Waals surface area contributed by atoms with E-state index >= 15 is 0 Å². The number of aryl methyl sites for hydroxylation is 2. The van der Waals surface area contributed by atoms with Crippen LogP contribution in [-0.4, -0.2) is 46.1 Å². The van der Waals surface area contributed by atoms with Crippen LogP contribution >= 0.6 is 0 Å². The Bertz CT molecular complexity index is 754. The van der Waals surface area contributed by atoms with Crippen LogP contribution < -0.4 is 9.80 Å². The second kappa shape index (κ2) is 7.56. The zero-order valence-corrected chi connectivity index (χ0v) is 15.9. The van der Waals surface area contributed by atoms with Gasteiger partial charge in [-0.15, -0.1) is 0 Å². The van der Waals surface area contributed by atoms with Crippen molar-refractivity contribution in [1.29, 1.82) is 0 Å². The van der Waals surface area contributed by atoms with E-state index < -0.39 is 0 Å². The lowest BCUT2D eigenvalue weighted by atomic mass is 10.0. The lowest BCUT2D eigenvalue weighted by Gasteiger charge is -2.38. The van der Waals surface area contributed by atoms with Crippen molar-refractivity contribution in [1.82, 2.24) is 19.9 Å². The molecule has 0 N–H and O–H groups in total. The fraction of sp³-hybridized carbons (Fsp3) is 0.600. The van der Waals surface area contributed by atoms with Crippen LogP contribution in [0.1, 0.15) is 49.1 Å². The van der Waals surface area contributed by atoms with E-state index in [0.29, 0.717) is 6.04 Å². The van der Waals surface area contributed by atoms with Crippen LogP contribution in [0.5, 0.6) is 0 Å². The van der Waals surface area contributed by atoms with Gasteiger partial charge in [-0.3, -0.25) is 0 Å². The Morgan fingerprint density at radius 2 is 1.73 bits per heavy atom. The zero-order valence-electron chi connectivity index (χ0n) is 15.9. The number of rotatable bonds is 3. The maximum absolute atomic E-state index is 4.68. The van der Waals surface area contributed by atoms with Gasteiger partial charge in [0.2, 0.25) is 0 Å². The minimum Gasteiger partial charge on any atom is -0.356 e. The quantitative estimate of drug-likeness (QED) is 0.792. The predicted octanol–water partition coefficient (Wildman–Crippen LogP) is 2.95. The number of anilines is 2. The van der Waals surface area contributed by atoms with Crippen LogP contribution in [0, 0.1) is 6.92 Å². The van der Waals surface area contributed by atoms with Crippen molar-refractivity contribution in [3.05, 3.63) is 35.7 Å². The minimum atomic E-state index is 0.515. The molecule has 4 rings (SSSR count). The van der Waals surface area contributed by atoms with Crippen molar-refractivity contribution in [3.8, 4) is 0 Å². The second-order valence-corrected chi connectivity index (χ2v) is 7.53. The summed E-state index contributed by atoms with van der Waals surface area (Å²) in [6.07, 6.45) is 11.7. The first-order valence-corrected chi connectivity index (χ1v) is 9.81. The number of fused-ring (bicyclic) bond motifs is 1. The molecule has 0 radical (unpaired) electrons. The third-order valence-electron chi connectivity index (χ3n) is 5.81. The van der Waals surface area contributed by atoms with Crippen molar-refractivity contribution >= 4 is 11.6 Å². The summed E-state index contributed by atoms with van der Waals surface area (Å²) in [6.45, 7) is 4.10. The summed E-state index contributed by atoms with van der Waals surface area (Å²) in [6, 6.07) is 2.58. The molecule has 6 heteroatoms. The SMILES string of the molecule is Cc1cc(N(C)C2CCN(c3ncnc4c3CCCCC4)CC2)ncn1. The van der Waals surface area contributed by atoms with Crippen molar-refractivity contribution in [3.63, 3.8) is 0 Å². The topological polar surface area (TPSA) is 58.0 Å². The standard InChI is InChI=1S/C20H28N6/c1-15-12-19(23-13-21-15)25(2)16-8-10-26(11-9-16)20-17-6-4-3-5-7-18(17)22-14-24-20/h12-14,16H,3-11H2,1-2H3. The molecule has 0 unspecified atom stereocenters. The minimum absolute atomic E-state index is 0.515. The van der Waals surface area contributed by atoms with Crippen molar-refractivity contribution < 1.29 is 0 Å². The Balaban J connectivity index is 1.46. The first-order chi connectivity index (χ1) is 12.7. The van der Waals surface area contributed by atoms with Gasteiger partial charge in [0.1, 0.15) is 24.3 Å².